The first-order valence-electron chi connectivity index (χ1n) is 4.22. The molecule has 1 rings (SSSR count). The largest absolute Gasteiger partial charge is 0.458 e. The van der Waals surface area contributed by atoms with Crippen molar-refractivity contribution in [2.45, 2.75) is 38.7 Å². The highest BCUT2D eigenvalue weighted by molar-refractivity contribution is 9.11. The van der Waals surface area contributed by atoms with Crippen molar-refractivity contribution in [1.82, 2.24) is 0 Å². The number of esters is 1. The van der Waals surface area contributed by atoms with Crippen molar-refractivity contribution in [2.24, 2.45) is 0 Å². The van der Waals surface area contributed by atoms with Gasteiger partial charge in [-0.3, -0.25) is 4.79 Å². The summed E-state index contributed by atoms with van der Waals surface area (Å²) in [4.78, 5) is 10.7. The molecule has 0 heterocycles. The van der Waals surface area contributed by atoms with Crippen molar-refractivity contribution in [3.8, 4) is 0 Å². The van der Waals surface area contributed by atoms with Crippen LogP contribution in [0, 0.1) is 0 Å². The number of ether oxygens (including phenoxy) is 1. The van der Waals surface area contributed by atoms with Gasteiger partial charge in [0.1, 0.15) is 6.10 Å². The molecule has 0 aromatic heterocycles. The molecule has 3 heteroatoms. The topological polar surface area (TPSA) is 26.3 Å². The van der Waals surface area contributed by atoms with Crippen molar-refractivity contribution < 1.29 is 9.53 Å². The lowest BCUT2D eigenvalue weighted by Crippen LogP contribution is -2.12. The Kier molecular flexibility index (Phi) is 3.79. The Morgan fingerprint density at radius 2 is 2.42 bits per heavy atom. The molecule has 0 radical (unpaired) electrons. The van der Waals surface area contributed by atoms with Crippen LogP contribution in [0.1, 0.15) is 32.6 Å². The molecule has 1 aliphatic rings. The average molecular weight is 233 g/mol. The second-order valence-electron chi connectivity index (χ2n) is 3.01. The van der Waals surface area contributed by atoms with E-state index in [1.807, 2.05) is 6.08 Å². The summed E-state index contributed by atoms with van der Waals surface area (Å²) in [6.07, 6.45) is 6.30. The number of carbonyl (C=O) groups excluding carboxylic acids is 1. The van der Waals surface area contributed by atoms with Gasteiger partial charge in [0.15, 0.2) is 0 Å². The second-order valence-corrected chi connectivity index (χ2v) is 4.03. The lowest BCUT2D eigenvalue weighted by molar-refractivity contribution is -0.144. The summed E-state index contributed by atoms with van der Waals surface area (Å²) in [5.74, 6) is -0.196. The molecule has 0 amide bonds. The molecule has 0 bridgehead atoms. The third-order valence-electron chi connectivity index (χ3n) is 1.84. The van der Waals surface area contributed by atoms with E-state index < -0.39 is 0 Å². The number of halogens is 1. The van der Waals surface area contributed by atoms with Gasteiger partial charge in [-0.2, -0.15) is 0 Å². The molecule has 0 saturated heterocycles. The summed E-state index contributed by atoms with van der Waals surface area (Å²) >= 11 is 3.44. The molecule has 0 N–H and O–H groups in total. The second kappa shape index (κ2) is 4.65. The number of hydrogen-bond donors (Lipinski definition) is 0. The molecule has 1 aliphatic carbocycles. The molecule has 0 saturated carbocycles. The van der Waals surface area contributed by atoms with Crippen LogP contribution in [0.15, 0.2) is 10.6 Å². The van der Waals surface area contributed by atoms with Gasteiger partial charge in [-0.1, -0.05) is 15.9 Å². The summed E-state index contributed by atoms with van der Waals surface area (Å²) in [5, 5.41) is 0. The zero-order valence-electron chi connectivity index (χ0n) is 7.18. The van der Waals surface area contributed by atoms with Crippen LogP contribution >= 0.6 is 15.9 Å². The molecule has 12 heavy (non-hydrogen) atoms. The van der Waals surface area contributed by atoms with E-state index in [2.05, 4.69) is 15.9 Å². The van der Waals surface area contributed by atoms with Gasteiger partial charge in [0, 0.05) is 6.92 Å². The first-order valence-corrected chi connectivity index (χ1v) is 5.01. The Bertz CT molecular complexity index is 199. The fraction of sp³-hybridized carbons (Fsp3) is 0.667. The van der Waals surface area contributed by atoms with E-state index >= 15 is 0 Å². The molecule has 0 spiro atoms. The monoisotopic (exact) mass is 232 g/mol. The van der Waals surface area contributed by atoms with Crippen molar-refractivity contribution >= 4 is 21.9 Å². The zero-order chi connectivity index (χ0) is 8.97. The lowest BCUT2D eigenvalue weighted by atomic mass is 10.2. The van der Waals surface area contributed by atoms with E-state index in [0.29, 0.717) is 0 Å². The van der Waals surface area contributed by atoms with Crippen LogP contribution in [0.4, 0.5) is 0 Å². The Balaban J connectivity index is 2.50. The fourth-order valence-electron chi connectivity index (χ4n) is 1.31. The highest BCUT2D eigenvalue weighted by Crippen LogP contribution is 2.23. The third-order valence-corrected chi connectivity index (χ3v) is 2.50. The minimum atomic E-state index is -0.196. The number of hydrogen-bond acceptors (Lipinski definition) is 2. The Labute approximate surface area is 81.1 Å². The highest BCUT2D eigenvalue weighted by atomic mass is 79.9. The Morgan fingerprint density at radius 1 is 1.67 bits per heavy atom. The first kappa shape index (κ1) is 9.78. The predicted octanol–water partition coefficient (Wildman–Crippen LogP) is 2.77. The summed E-state index contributed by atoms with van der Waals surface area (Å²) < 4.78 is 6.25. The minimum Gasteiger partial charge on any atom is -0.458 e. The van der Waals surface area contributed by atoms with Crippen LogP contribution < -0.4 is 0 Å². The van der Waals surface area contributed by atoms with Gasteiger partial charge in [0.2, 0.25) is 0 Å². The highest BCUT2D eigenvalue weighted by Gasteiger charge is 2.12. The van der Waals surface area contributed by atoms with Gasteiger partial charge >= 0.3 is 5.97 Å². The van der Waals surface area contributed by atoms with Gasteiger partial charge in [0.25, 0.3) is 0 Å². The molecular formula is C9H13BrO2. The van der Waals surface area contributed by atoms with Gasteiger partial charge in [-0.25, -0.2) is 0 Å². The normalized spacial score (nSPS) is 24.2. The Hall–Kier alpha value is -0.310. The quantitative estimate of drug-likeness (QED) is 0.651. The summed E-state index contributed by atoms with van der Waals surface area (Å²) in [6.45, 7) is 1.45. The smallest absolute Gasteiger partial charge is 0.303 e. The predicted molar refractivity (Wildman–Crippen MR) is 51.0 cm³/mol. The maximum absolute atomic E-state index is 10.7. The van der Waals surface area contributed by atoms with E-state index in [9.17, 15) is 4.79 Å². The van der Waals surface area contributed by atoms with E-state index in [-0.39, 0.29) is 12.1 Å². The molecule has 0 aromatic rings. The molecule has 68 valence electrons. The average Bonchev–Trinajstić information content (AvgIpc) is 2.12. The third kappa shape index (κ3) is 3.39. The van der Waals surface area contributed by atoms with Crippen molar-refractivity contribution in [3.05, 3.63) is 10.6 Å². The van der Waals surface area contributed by atoms with Crippen LogP contribution in [-0.2, 0) is 9.53 Å². The van der Waals surface area contributed by atoms with Crippen molar-refractivity contribution in [2.75, 3.05) is 0 Å². The van der Waals surface area contributed by atoms with E-state index in [0.717, 1.165) is 23.7 Å². The van der Waals surface area contributed by atoms with Gasteiger partial charge < -0.3 is 4.74 Å². The number of carbonyl (C=O) groups is 1. The first-order chi connectivity index (χ1) is 5.68. The van der Waals surface area contributed by atoms with Crippen LogP contribution in [0.3, 0.4) is 0 Å². The number of allylic oxidation sites excluding steroid dienone is 1. The molecule has 2 nitrogen and oxygen atoms in total. The van der Waals surface area contributed by atoms with Crippen LogP contribution in [0.25, 0.3) is 0 Å². The maximum Gasteiger partial charge on any atom is 0.303 e. The van der Waals surface area contributed by atoms with Crippen molar-refractivity contribution in [1.29, 1.82) is 0 Å². The summed E-state index contributed by atoms with van der Waals surface area (Å²) in [6, 6.07) is 0. The van der Waals surface area contributed by atoms with Crippen LogP contribution in [0.5, 0.6) is 0 Å². The van der Waals surface area contributed by atoms with Crippen LogP contribution in [-0.4, -0.2) is 12.1 Å². The van der Waals surface area contributed by atoms with E-state index in [1.54, 1.807) is 0 Å². The van der Waals surface area contributed by atoms with Gasteiger partial charge in [0.05, 0.1) is 0 Å². The van der Waals surface area contributed by atoms with Crippen LogP contribution in [0.2, 0.25) is 0 Å². The van der Waals surface area contributed by atoms with E-state index in [1.165, 1.54) is 13.3 Å². The summed E-state index contributed by atoms with van der Waals surface area (Å²) in [7, 11) is 0. The number of rotatable bonds is 1. The van der Waals surface area contributed by atoms with E-state index in [4.69, 9.17) is 4.74 Å². The van der Waals surface area contributed by atoms with Crippen molar-refractivity contribution in [3.63, 3.8) is 0 Å². The molecule has 0 aliphatic heterocycles. The summed E-state index contributed by atoms with van der Waals surface area (Å²) in [5.41, 5.74) is 0. The molecular weight excluding hydrogens is 220 g/mol. The lowest BCUT2D eigenvalue weighted by Gasteiger charge is -2.10. The molecule has 0 fully saturated rings. The fourth-order valence-corrected chi connectivity index (χ4v) is 1.89. The van der Waals surface area contributed by atoms with Gasteiger partial charge in [-0.15, -0.1) is 0 Å². The van der Waals surface area contributed by atoms with Gasteiger partial charge in [-0.05, 0) is 36.2 Å². The molecule has 0 aromatic carbocycles. The maximum atomic E-state index is 10.7. The Morgan fingerprint density at radius 3 is 3.08 bits per heavy atom. The zero-order valence-corrected chi connectivity index (χ0v) is 8.76. The SMILES string of the molecule is CC(=O)OC1C=C(Br)CCCC1. The molecule has 1 atom stereocenters. The minimum absolute atomic E-state index is 0.0145. The standard InChI is InChI=1S/C9H13BrO2/c1-7(11)12-9-5-3-2-4-8(10)6-9/h6,9H,2-5H2,1H3. The molecule has 1 unspecified atom stereocenters.